The zero-order chi connectivity index (χ0) is 18.6. The van der Waals surface area contributed by atoms with Crippen molar-refractivity contribution in [2.45, 2.75) is 32.1 Å². The molecule has 0 spiro atoms. The second kappa shape index (κ2) is 7.65. The quantitative estimate of drug-likeness (QED) is 0.709. The fraction of sp³-hybridized carbons (Fsp3) is 0.350. The van der Waals surface area contributed by atoms with E-state index in [9.17, 15) is 4.79 Å². The fourth-order valence-corrected chi connectivity index (χ4v) is 3.26. The minimum Gasteiger partial charge on any atom is -0.419 e. The van der Waals surface area contributed by atoms with E-state index < -0.39 is 0 Å². The summed E-state index contributed by atoms with van der Waals surface area (Å²) in [5, 5.41) is 8.29. The third-order valence-electron chi connectivity index (χ3n) is 4.84. The van der Waals surface area contributed by atoms with Crippen molar-refractivity contribution >= 4 is 5.91 Å². The number of benzene rings is 1. The number of rotatable bonds is 4. The maximum absolute atomic E-state index is 12.5. The number of aromatic nitrogens is 4. The molecule has 7 nitrogen and oxygen atoms in total. The molecule has 0 saturated carbocycles. The summed E-state index contributed by atoms with van der Waals surface area (Å²) in [5.41, 5.74) is 2.46. The summed E-state index contributed by atoms with van der Waals surface area (Å²) in [6.45, 7) is 3.29. The highest BCUT2D eigenvalue weighted by atomic mass is 16.4. The number of likely N-dealkylation sites (tertiary alicyclic amines) is 1. The van der Waals surface area contributed by atoms with Gasteiger partial charge in [-0.25, -0.2) is 4.98 Å². The highest BCUT2D eigenvalue weighted by Gasteiger charge is 2.27. The van der Waals surface area contributed by atoms with Crippen molar-refractivity contribution in [2.75, 3.05) is 13.1 Å². The molecule has 0 radical (unpaired) electrons. The monoisotopic (exact) mass is 363 g/mol. The van der Waals surface area contributed by atoms with E-state index >= 15 is 0 Å². The van der Waals surface area contributed by atoms with Gasteiger partial charge in [-0.1, -0.05) is 30.3 Å². The molecule has 1 saturated heterocycles. The number of hydrogen-bond acceptors (Lipinski definition) is 6. The van der Waals surface area contributed by atoms with Crippen LogP contribution in [0.5, 0.6) is 0 Å². The van der Waals surface area contributed by atoms with Crippen LogP contribution in [0.4, 0.5) is 0 Å². The van der Waals surface area contributed by atoms with Crippen LogP contribution in [0.1, 0.15) is 35.9 Å². The Morgan fingerprint density at radius 2 is 1.89 bits per heavy atom. The molecule has 4 rings (SSSR count). The Bertz CT molecular complexity index is 900. The van der Waals surface area contributed by atoms with Gasteiger partial charge in [0.2, 0.25) is 11.8 Å². The molecule has 1 aliphatic rings. The minimum atomic E-state index is 0.167. The lowest BCUT2D eigenvalue weighted by atomic mass is 9.96. The first-order valence-electron chi connectivity index (χ1n) is 9.13. The summed E-state index contributed by atoms with van der Waals surface area (Å²) in [5.74, 6) is 1.34. The number of hydrogen-bond donors (Lipinski definition) is 0. The molecular weight excluding hydrogens is 342 g/mol. The summed E-state index contributed by atoms with van der Waals surface area (Å²) in [7, 11) is 0. The van der Waals surface area contributed by atoms with Gasteiger partial charge in [0, 0.05) is 25.2 Å². The van der Waals surface area contributed by atoms with Crippen molar-refractivity contribution in [1.29, 1.82) is 0 Å². The molecule has 7 heteroatoms. The Hall–Kier alpha value is -3.09. The van der Waals surface area contributed by atoms with Crippen LogP contribution in [-0.2, 0) is 11.2 Å². The zero-order valence-corrected chi connectivity index (χ0v) is 15.2. The van der Waals surface area contributed by atoms with Gasteiger partial charge in [0.15, 0.2) is 0 Å². The van der Waals surface area contributed by atoms with Crippen molar-refractivity contribution in [3.63, 3.8) is 0 Å². The molecule has 3 heterocycles. The van der Waals surface area contributed by atoms with Crippen LogP contribution in [0.25, 0.3) is 11.6 Å². The average molecular weight is 363 g/mol. The molecule has 0 N–H and O–H groups in total. The van der Waals surface area contributed by atoms with E-state index in [0.717, 1.165) is 24.1 Å². The first-order chi connectivity index (χ1) is 13.2. The second-order valence-electron chi connectivity index (χ2n) is 6.81. The lowest BCUT2D eigenvalue weighted by Gasteiger charge is -2.30. The van der Waals surface area contributed by atoms with Crippen LogP contribution in [0.3, 0.4) is 0 Å². The third kappa shape index (κ3) is 4.02. The van der Waals surface area contributed by atoms with Crippen molar-refractivity contribution < 1.29 is 9.21 Å². The molecule has 1 aromatic carbocycles. The molecule has 3 aromatic rings. The molecule has 0 bridgehead atoms. The van der Waals surface area contributed by atoms with E-state index in [1.165, 1.54) is 0 Å². The third-order valence-corrected chi connectivity index (χ3v) is 4.84. The van der Waals surface area contributed by atoms with Gasteiger partial charge in [0.05, 0.1) is 18.3 Å². The van der Waals surface area contributed by atoms with Gasteiger partial charge in [0.25, 0.3) is 5.89 Å². The Morgan fingerprint density at radius 3 is 2.59 bits per heavy atom. The van der Waals surface area contributed by atoms with Gasteiger partial charge in [-0.3, -0.25) is 9.78 Å². The topological polar surface area (TPSA) is 85.0 Å². The Morgan fingerprint density at radius 1 is 1.11 bits per heavy atom. The first kappa shape index (κ1) is 17.3. The molecule has 27 heavy (non-hydrogen) atoms. The SMILES string of the molecule is Cc1cnc(-c2nnc(C3CCN(C(=O)Cc4ccccc4)CC3)o2)cn1. The van der Waals surface area contributed by atoms with Gasteiger partial charge in [0.1, 0.15) is 5.69 Å². The van der Waals surface area contributed by atoms with Gasteiger partial charge >= 0.3 is 0 Å². The van der Waals surface area contributed by atoms with E-state index in [2.05, 4.69) is 20.2 Å². The minimum absolute atomic E-state index is 0.167. The van der Waals surface area contributed by atoms with Gasteiger partial charge in [-0.15, -0.1) is 10.2 Å². The van der Waals surface area contributed by atoms with Gasteiger partial charge in [-0.05, 0) is 25.3 Å². The molecule has 2 aromatic heterocycles. The number of carbonyl (C=O) groups is 1. The van der Waals surface area contributed by atoms with Crippen LogP contribution >= 0.6 is 0 Å². The van der Waals surface area contributed by atoms with E-state index in [-0.39, 0.29) is 11.8 Å². The normalized spacial score (nSPS) is 15.1. The molecule has 1 amide bonds. The van der Waals surface area contributed by atoms with Gasteiger partial charge < -0.3 is 9.32 Å². The molecule has 0 aliphatic carbocycles. The molecule has 1 fully saturated rings. The van der Waals surface area contributed by atoms with Gasteiger partial charge in [-0.2, -0.15) is 0 Å². The lowest BCUT2D eigenvalue weighted by Crippen LogP contribution is -2.38. The standard InChI is InChI=1S/C20H21N5O2/c1-14-12-22-17(13-21-14)20-24-23-19(27-20)16-7-9-25(10-8-16)18(26)11-15-5-3-2-4-6-15/h2-6,12-13,16H,7-11H2,1H3. The predicted molar refractivity (Wildman–Crippen MR) is 98.8 cm³/mol. The number of aryl methyl sites for hydroxylation is 1. The van der Waals surface area contributed by atoms with Crippen LogP contribution < -0.4 is 0 Å². The van der Waals surface area contributed by atoms with Crippen molar-refractivity contribution in [3.8, 4) is 11.6 Å². The van der Waals surface area contributed by atoms with E-state index in [1.807, 2.05) is 42.2 Å². The van der Waals surface area contributed by atoms with Crippen LogP contribution in [-0.4, -0.2) is 44.1 Å². The highest BCUT2D eigenvalue weighted by molar-refractivity contribution is 5.78. The summed E-state index contributed by atoms with van der Waals surface area (Å²) in [6.07, 6.45) is 5.40. The lowest BCUT2D eigenvalue weighted by molar-refractivity contribution is -0.131. The number of nitrogens with zero attached hydrogens (tertiary/aromatic N) is 5. The molecule has 1 aliphatic heterocycles. The number of carbonyl (C=O) groups excluding carboxylic acids is 1. The maximum Gasteiger partial charge on any atom is 0.267 e. The maximum atomic E-state index is 12.5. The van der Waals surface area contributed by atoms with Crippen molar-refractivity contribution in [3.05, 3.63) is 59.9 Å². The number of piperidine rings is 1. The summed E-state index contributed by atoms with van der Waals surface area (Å²) >= 11 is 0. The van der Waals surface area contributed by atoms with Crippen molar-refractivity contribution in [2.24, 2.45) is 0 Å². The van der Waals surface area contributed by atoms with Crippen LogP contribution in [0.2, 0.25) is 0 Å². The largest absolute Gasteiger partial charge is 0.419 e. The predicted octanol–water partition coefficient (Wildman–Crippen LogP) is 2.78. The highest BCUT2D eigenvalue weighted by Crippen LogP contribution is 2.29. The average Bonchev–Trinajstić information content (AvgIpc) is 3.20. The Labute approximate surface area is 157 Å². The molecular formula is C20H21N5O2. The van der Waals surface area contributed by atoms with E-state index in [4.69, 9.17) is 4.42 Å². The molecule has 0 unspecified atom stereocenters. The Kier molecular flexibility index (Phi) is 4.91. The van der Waals surface area contributed by atoms with E-state index in [0.29, 0.717) is 37.0 Å². The fourth-order valence-electron chi connectivity index (χ4n) is 3.26. The first-order valence-corrected chi connectivity index (χ1v) is 9.13. The van der Waals surface area contributed by atoms with Crippen molar-refractivity contribution in [1.82, 2.24) is 25.1 Å². The smallest absolute Gasteiger partial charge is 0.267 e. The van der Waals surface area contributed by atoms with E-state index in [1.54, 1.807) is 12.4 Å². The Balaban J connectivity index is 1.35. The second-order valence-corrected chi connectivity index (χ2v) is 6.81. The number of amides is 1. The summed E-state index contributed by atoms with van der Waals surface area (Å²) in [6, 6.07) is 9.85. The van der Waals surface area contributed by atoms with Crippen LogP contribution in [0, 0.1) is 6.92 Å². The molecule has 138 valence electrons. The zero-order valence-electron chi connectivity index (χ0n) is 15.2. The van der Waals surface area contributed by atoms with Crippen LogP contribution in [0.15, 0.2) is 47.1 Å². The summed E-state index contributed by atoms with van der Waals surface area (Å²) < 4.78 is 5.81. The summed E-state index contributed by atoms with van der Waals surface area (Å²) in [4.78, 5) is 22.9. The molecule has 0 atom stereocenters.